The summed E-state index contributed by atoms with van der Waals surface area (Å²) in [5.74, 6) is 0.729. The lowest BCUT2D eigenvalue weighted by Crippen LogP contribution is -2.11. The van der Waals surface area contributed by atoms with Crippen LogP contribution < -0.4 is 4.74 Å². The van der Waals surface area contributed by atoms with Gasteiger partial charge in [0.15, 0.2) is 0 Å². The Balaban J connectivity index is 1.30. The third kappa shape index (κ3) is 3.91. The fourth-order valence-corrected chi connectivity index (χ4v) is 6.77. The number of nitro benzene ring substituents is 1. The molecular weight excluding hydrogens is 455 g/mol. The van der Waals surface area contributed by atoms with Crippen molar-refractivity contribution in [3.63, 3.8) is 0 Å². The molecule has 2 aliphatic heterocycles. The number of nitrogens with zero attached hydrogens (tertiary/aromatic N) is 4. The van der Waals surface area contributed by atoms with E-state index >= 15 is 0 Å². The van der Waals surface area contributed by atoms with Gasteiger partial charge in [-0.15, -0.1) is 0 Å². The lowest BCUT2D eigenvalue weighted by atomic mass is 10.1. The monoisotopic (exact) mass is 478 g/mol. The van der Waals surface area contributed by atoms with Gasteiger partial charge in [0.05, 0.1) is 16.7 Å². The van der Waals surface area contributed by atoms with Gasteiger partial charge >= 0.3 is 13.4 Å². The Morgan fingerprint density at radius 3 is 2.35 bits per heavy atom. The van der Waals surface area contributed by atoms with Crippen LogP contribution in [0.2, 0.25) is 0 Å². The normalized spacial score (nSPS) is 19.6. The number of ether oxygens (including phenoxy) is 1. The highest BCUT2D eigenvalue weighted by Gasteiger charge is 2.51. The standard InChI is InChI=1S/C24H23N4O5P/c29-28(30)22-10-8-19-20(9-11-23(19)33-34(31,26-13-14-26)27-15-16-27)24(22)32-18-6-4-17(5-7-18)21-3-1-2-12-25-21/h1-8,10,12,23H,9,11,13-16H2/t23-/m1/s1. The molecule has 0 bridgehead atoms. The van der Waals surface area contributed by atoms with Crippen molar-refractivity contribution in [3.05, 3.63) is 82.0 Å². The molecule has 2 saturated heterocycles. The van der Waals surface area contributed by atoms with Gasteiger partial charge < -0.3 is 4.74 Å². The van der Waals surface area contributed by atoms with E-state index < -0.39 is 12.6 Å². The van der Waals surface area contributed by atoms with Gasteiger partial charge in [-0.25, -0.2) is 9.34 Å². The fourth-order valence-electron chi connectivity index (χ4n) is 4.41. The number of benzene rings is 2. The van der Waals surface area contributed by atoms with Crippen molar-refractivity contribution < 1.29 is 18.7 Å². The van der Waals surface area contributed by atoms with E-state index in [4.69, 9.17) is 9.26 Å². The van der Waals surface area contributed by atoms with Crippen molar-refractivity contribution in [2.45, 2.75) is 18.9 Å². The largest absolute Gasteiger partial charge is 0.450 e. The summed E-state index contributed by atoms with van der Waals surface area (Å²) in [6.45, 7) is 3.10. The summed E-state index contributed by atoms with van der Waals surface area (Å²) in [7, 11) is -3.01. The summed E-state index contributed by atoms with van der Waals surface area (Å²) >= 11 is 0. The van der Waals surface area contributed by atoms with Crippen LogP contribution in [-0.2, 0) is 15.5 Å². The molecule has 1 atom stereocenters. The van der Waals surface area contributed by atoms with E-state index in [2.05, 4.69) is 4.98 Å². The van der Waals surface area contributed by atoms with Gasteiger partial charge in [0.25, 0.3) is 0 Å². The predicted molar refractivity (Wildman–Crippen MR) is 126 cm³/mol. The van der Waals surface area contributed by atoms with Crippen LogP contribution in [0.3, 0.4) is 0 Å². The molecule has 34 heavy (non-hydrogen) atoms. The molecule has 1 aromatic heterocycles. The van der Waals surface area contributed by atoms with Crippen LogP contribution in [-0.4, -0.2) is 45.4 Å². The van der Waals surface area contributed by atoms with Gasteiger partial charge in [-0.2, -0.15) is 0 Å². The average molecular weight is 478 g/mol. The number of aromatic nitrogens is 1. The third-order valence-electron chi connectivity index (χ3n) is 6.34. The molecule has 0 amide bonds. The number of pyridine rings is 1. The van der Waals surface area contributed by atoms with Crippen molar-refractivity contribution in [1.29, 1.82) is 0 Å². The zero-order valence-electron chi connectivity index (χ0n) is 18.4. The quantitative estimate of drug-likeness (QED) is 0.189. The minimum atomic E-state index is -3.01. The molecule has 0 radical (unpaired) electrons. The van der Waals surface area contributed by atoms with E-state index in [1.54, 1.807) is 24.4 Å². The molecule has 3 aliphatic rings. The highest BCUT2D eigenvalue weighted by molar-refractivity contribution is 7.54. The second kappa shape index (κ2) is 8.29. The average Bonchev–Trinajstić information content (AvgIpc) is 3.77. The predicted octanol–water partition coefficient (Wildman–Crippen LogP) is 5.19. The molecule has 3 aromatic rings. The van der Waals surface area contributed by atoms with E-state index in [1.165, 1.54) is 6.07 Å². The van der Waals surface area contributed by atoms with Gasteiger partial charge in [0, 0.05) is 49.6 Å². The Morgan fingerprint density at radius 2 is 1.74 bits per heavy atom. The Labute approximate surface area is 196 Å². The molecule has 6 rings (SSSR count). The van der Waals surface area contributed by atoms with Gasteiger partial charge in [-0.1, -0.05) is 6.07 Å². The van der Waals surface area contributed by atoms with Crippen molar-refractivity contribution >= 4 is 13.4 Å². The van der Waals surface area contributed by atoms with E-state index in [0.29, 0.717) is 18.6 Å². The maximum absolute atomic E-state index is 13.5. The highest BCUT2D eigenvalue weighted by Crippen LogP contribution is 2.64. The summed E-state index contributed by atoms with van der Waals surface area (Å²) in [5.41, 5.74) is 3.23. The van der Waals surface area contributed by atoms with Crippen molar-refractivity contribution in [1.82, 2.24) is 14.3 Å². The number of nitro groups is 1. The van der Waals surface area contributed by atoms with E-state index in [-0.39, 0.29) is 17.5 Å². The Bertz CT molecular complexity index is 1280. The highest BCUT2D eigenvalue weighted by atomic mass is 31.2. The molecule has 2 aromatic carbocycles. The summed E-state index contributed by atoms with van der Waals surface area (Å²) < 4.78 is 29.6. The molecule has 1 aliphatic carbocycles. The smallest absolute Gasteiger partial charge is 0.346 e. The molecule has 0 saturated carbocycles. The Hall–Kier alpha value is -3.10. The third-order valence-corrected chi connectivity index (χ3v) is 9.10. The molecule has 3 heterocycles. The number of hydrogen-bond donors (Lipinski definition) is 0. The summed E-state index contributed by atoms with van der Waals surface area (Å²) in [4.78, 5) is 15.7. The zero-order chi connectivity index (χ0) is 23.3. The first-order valence-electron chi connectivity index (χ1n) is 11.3. The van der Waals surface area contributed by atoms with E-state index in [0.717, 1.165) is 48.6 Å². The molecule has 0 spiro atoms. The van der Waals surface area contributed by atoms with Gasteiger partial charge in [0.1, 0.15) is 5.75 Å². The second-order valence-electron chi connectivity index (χ2n) is 8.61. The topological polar surface area (TPSA) is 97.6 Å². The molecule has 9 nitrogen and oxygen atoms in total. The second-order valence-corrected chi connectivity index (χ2v) is 10.9. The summed E-state index contributed by atoms with van der Waals surface area (Å²) in [6.07, 6.45) is 2.52. The SMILES string of the molecule is O=[N+]([O-])c1ccc2c(c1Oc1ccc(-c3ccccn3)cc1)CC[C@H]2OP(=O)(N1CC1)N1CC1. The lowest BCUT2D eigenvalue weighted by molar-refractivity contribution is -0.385. The molecule has 0 N–H and O–H groups in total. The van der Waals surface area contributed by atoms with E-state index in [1.807, 2.05) is 39.7 Å². The van der Waals surface area contributed by atoms with Crippen LogP contribution in [0.5, 0.6) is 11.5 Å². The van der Waals surface area contributed by atoms with Crippen LogP contribution in [0, 0.1) is 10.1 Å². The molecule has 10 heteroatoms. The summed E-state index contributed by atoms with van der Waals surface area (Å²) in [6, 6.07) is 16.2. The lowest BCUT2D eigenvalue weighted by Gasteiger charge is -2.24. The van der Waals surface area contributed by atoms with Crippen LogP contribution in [0.15, 0.2) is 60.8 Å². The van der Waals surface area contributed by atoms with Crippen molar-refractivity contribution in [3.8, 4) is 22.8 Å². The zero-order valence-corrected chi connectivity index (χ0v) is 19.3. The molecule has 2 fully saturated rings. The molecular formula is C24H23N4O5P. The first kappa shape index (κ1) is 21.4. The maximum Gasteiger partial charge on any atom is 0.346 e. The molecule has 174 valence electrons. The van der Waals surface area contributed by atoms with Crippen LogP contribution in [0.4, 0.5) is 5.69 Å². The maximum atomic E-state index is 13.5. The van der Waals surface area contributed by atoms with Crippen LogP contribution >= 0.6 is 7.67 Å². The number of fused-ring (bicyclic) bond motifs is 1. The van der Waals surface area contributed by atoms with Gasteiger partial charge in [-0.3, -0.25) is 24.2 Å². The van der Waals surface area contributed by atoms with Crippen molar-refractivity contribution in [2.24, 2.45) is 0 Å². The number of rotatable bonds is 8. The van der Waals surface area contributed by atoms with E-state index in [9.17, 15) is 14.7 Å². The van der Waals surface area contributed by atoms with Crippen LogP contribution in [0.1, 0.15) is 23.7 Å². The number of hydrogen-bond acceptors (Lipinski definition) is 6. The summed E-state index contributed by atoms with van der Waals surface area (Å²) in [5, 5.41) is 11.8. The first-order valence-corrected chi connectivity index (χ1v) is 12.8. The minimum Gasteiger partial charge on any atom is -0.450 e. The van der Waals surface area contributed by atoms with Crippen LogP contribution in [0.25, 0.3) is 11.3 Å². The Morgan fingerprint density at radius 1 is 1.00 bits per heavy atom. The minimum absolute atomic E-state index is 0.0896. The van der Waals surface area contributed by atoms with Crippen molar-refractivity contribution in [2.75, 3.05) is 26.2 Å². The first-order chi connectivity index (χ1) is 16.5. The fraction of sp³-hybridized carbons (Fsp3) is 0.292. The molecule has 0 unspecified atom stereocenters. The van der Waals surface area contributed by atoms with Gasteiger partial charge in [-0.05, 0) is 60.9 Å². The van der Waals surface area contributed by atoms with Gasteiger partial charge in [0.2, 0.25) is 5.75 Å². The Kier molecular flexibility index (Phi) is 5.22.